The molecule has 26 heavy (non-hydrogen) atoms. The number of anilines is 1. The monoisotopic (exact) mass is 377 g/mol. The Balaban J connectivity index is 1.65. The normalized spacial score (nSPS) is 25.3. The third-order valence-corrected chi connectivity index (χ3v) is 5.39. The fraction of sp³-hybridized carbons (Fsp3) is 0.600. The van der Waals surface area contributed by atoms with Crippen LogP contribution in [0.1, 0.15) is 47.0 Å². The molecular formula is C20H28ClN3O2. The predicted molar refractivity (Wildman–Crippen MR) is 104 cm³/mol. The van der Waals surface area contributed by atoms with E-state index in [0.717, 1.165) is 18.5 Å². The minimum atomic E-state index is -0.317. The lowest BCUT2D eigenvalue weighted by Gasteiger charge is -2.46. The van der Waals surface area contributed by atoms with Gasteiger partial charge in [0.15, 0.2) is 0 Å². The summed E-state index contributed by atoms with van der Waals surface area (Å²) in [6, 6.07) is 7.32. The number of nitrogens with zero attached hydrogens (tertiary/aromatic N) is 1. The van der Waals surface area contributed by atoms with Crippen molar-refractivity contribution >= 4 is 29.1 Å². The number of rotatable bonds is 3. The number of hydrogen-bond donors (Lipinski definition) is 2. The molecule has 1 aromatic carbocycles. The molecule has 0 spiro atoms. The fourth-order valence-electron chi connectivity index (χ4n) is 4.52. The fourth-order valence-corrected chi connectivity index (χ4v) is 4.70. The molecule has 142 valence electrons. The van der Waals surface area contributed by atoms with E-state index in [1.807, 2.05) is 12.1 Å². The van der Waals surface area contributed by atoms with Gasteiger partial charge in [-0.2, -0.15) is 0 Å². The Bertz CT molecular complexity index is 701. The van der Waals surface area contributed by atoms with Gasteiger partial charge in [-0.15, -0.1) is 0 Å². The molecule has 0 aliphatic carbocycles. The molecule has 6 heteroatoms. The SMILES string of the molecule is CC1(C)CC(NC(=O)C2CC(=O)N(c3cccc(Cl)c3)C2)CC(C)(C)N1. The van der Waals surface area contributed by atoms with Crippen molar-refractivity contribution in [2.24, 2.45) is 5.92 Å². The van der Waals surface area contributed by atoms with Crippen LogP contribution in [0.3, 0.4) is 0 Å². The summed E-state index contributed by atoms with van der Waals surface area (Å²) < 4.78 is 0. The van der Waals surface area contributed by atoms with Crippen LogP contribution in [0, 0.1) is 5.92 Å². The van der Waals surface area contributed by atoms with Gasteiger partial charge < -0.3 is 15.5 Å². The zero-order chi connectivity index (χ0) is 19.1. The van der Waals surface area contributed by atoms with Gasteiger partial charge in [0.25, 0.3) is 0 Å². The summed E-state index contributed by atoms with van der Waals surface area (Å²) in [6.07, 6.45) is 2.00. The summed E-state index contributed by atoms with van der Waals surface area (Å²) >= 11 is 6.03. The van der Waals surface area contributed by atoms with Crippen LogP contribution in [-0.4, -0.2) is 35.5 Å². The Labute approximate surface area is 160 Å². The Morgan fingerprint density at radius 3 is 2.50 bits per heavy atom. The number of piperidine rings is 1. The smallest absolute Gasteiger partial charge is 0.227 e. The van der Waals surface area contributed by atoms with Crippen LogP contribution in [0.4, 0.5) is 5.69 Å². The highest BCUT2D eigenvalue weighted by molar-refractivity contribution is 6.31. The number of nitrogens with one attached hydrogen (secondary N) is 2. The Morgan fingerprint density at radius 2 is 1.88 bits per heavy atom. The Hall–Kier alpha value is -1.59. The van der Waals surface area contributed by atoms with Crippen LogP contribution in [0.5, 0.6) is 0 Å². The summed E-state index contributed by atoms with van der Waals surface area (Å²) in [6.45, 7) is 9.04. The summed E-state index contributed by atoms with van der Waals surface area (Å²) in [5.74, 6) is -0.373. The zero-order valence-electron chi connectivity index (χ0n) is 15.9. The first kappa shape index (κ1) is 19.2. The molecular weight excluding hydrogens is 350 g/mol. The molecule has 2 aliphatic heterocycles. The summed E-state index contributed by atoms with van der Waals surface area (Å²) in [5, 5.41) is 7.40. The van der Waals surface area contributed by atoms with Crippen molar-refractivity contribution in [2.75, 3.05) is 11.4 Å². The van der Waals surface area contributed by atoms with Crippen molar-refractivity contribution < 1.29 is 9.59 Å². The maximum absolute atomic E-state index is 12.8. The standard InChI is InChI=1S/C20H28ClN3O2/c1-19(2)10-15(11-20(3,4)23-19)22-18(26)13-8-17(25)24(12-13)16-7-5-6-14(21)9-16/h5-7,9,13,15,23H,8,10-12H2,1-4H3,(H,22,26). The largest absolute Gasteiger partial charge is 0.353 e. The second-order valence-corrected chi connectivity index (χ2v) is 9.33. The van der Waals surface area contributed by atoms with Gasteiger partial charge in [-0.3, -0.25) is 9.59 Å². The second-order valence-electron chi connectivity index (χ2n) is 8.89. The van der Waals surface area contributed by atoms with E-state index in [4.69, 9.17) is 11.6 Å². The molecule has 1 atom stereocenters. The number of carbonyl (C=O) groups excluding carboxylic acids is 2. The third kappa shape index (κ3) is 4.38. The van der Waals surface area contributed by atoms with Crippen molar-refractivity contribution in [3.8, 4) is 0 Å². The van der Waals surface area contributed by atoms with Crippen molar-refractivity contribution in [3.05, 3.63) is 29.3 Å². The highest BCUT2D eigenvalue weighted by Crippen LogP contribution is 2.30. The first-order chi connectivity index (χ1) is 12.0. The molecule has 2 heterocycles. The van der Waals surface area contributed by atoms with E-state index >= 15 is 0 Å². The molecule has 2 saturated heterocycles. The van der Waals surface area contributed by atoms with Gasteiger partial charge >= 0.3 is 0 Å². The molecule has 0 radical (unpaired) electrons. The quantitative estimate of drug-likeness (QED) is 0.850. The lowest BCUT2D eigenvalue weighted by atomic mass is 9.79. The van der Waals surface area contributed by atoms with Gasteiger partial charge in [-0.25, -0.2) is 0 Å². The highest BCUT2D eigenvalue weighted by atomic mass is 35.5. The minimum Gasteiger partial charge on any atom is -0.353 e. The minimum absolute atomic E-state index is 0.0265. The van der Waals surface area contributed by atoms with Crippen molar-refractivity contribution in [1.29, 1.82) is 0 Å². The Morgan fingerprint density at radius 1 is 1.23 bits per heavy atom. The van der Waals surface area contributed by atoms with Gasteiger partial charge in [-0.05, 0) is 58.7 Å². The maximum Gasteiger partial charge on any atom is 0.227 e. The van der Waals surface area contributed by atoms with Gasteiger partial charge in [-0.1, -0.05) is 17.7 Å². The van der Waals surface area contributed by atoms with E-state index in [1.165, 1.54) is 0 Å². The summed E-state index contributed by atoms with van der Waals surface area (Å²) in [5.41, 5.74) is 0.692. The van der Waals surface area contributed by atoms with Crippen molar-refractivity contribution in [3.63, 3.8) is 0 Å². The van der Waals surface area contributed by atoms with Crippen LogP contribution in [0.2, 0.25) is 5.02 Å². The van der Waals surface area contributed by atoms with Gasteiger partial charge in [0, 0.05) is 40.8 Å². The van der Waals surface area contributed by atoms with Gasteiger partial charge in [0.2, 0.25) is 11.8 Å². The van der Waals surface area contributed by atoms with E-state index in [2.05, 4.69) is 38.3 Å². The van der Waals surface area contributed by atoms with Crippen LogP contribution in [0.15, 0.2) is 24.3 Å². The third-order valence-electron chi connectivity index (χ3n) is 5.15. The molecule has 1 aromatic rings. The lowest BCUT2D eigenvalue weighted by Crippen LogP contribution is -2.62. The molecule has 5 nitrogen and oxygen atoms in total. The van der Waals surface area contributed by atoms with Crippen LogP contribution < -0.4 is 15.5 Å². The maximum atomic E-state index is 12.8. The molecule has 1 unspecified atom stereocenters. The molecule has 2 aliphatic rings. The number of halogens is 1. The average molecular weight is 378 g/mol. The van der Waals surface area contributed by atoms with E-state index in [-0.39, 0.29) is 41.3 Å². The molecule has 0 saturated carbocycles. The summed E-state index contributed by atoms with van der Waals surface area (Å²) in [7, 11) is 0. The molecule has 2 N–H and O–H groups in total. The highest BCUT2D eigenvalue weighted by Gasteiger charge is 2.40. The first-order valence-electron chi connectivity index (χ1n) is 9.20. The zero-order valence-corrected chi connectivity index (χ0v) is 16.7. The second kappa shape index (κ2) is 6.86. The predicted octanol–water partition coefficient (Wildman–Crippen LogP) is 3.12. The molecule has 2 fully saturated rings. The molecule has 2 amide bonds. The summed E-state index contributed by atoms with van der Waals surface area (Å²) in [4.78, 5) is 26.8. The van der Waals surface area contributed by atoms with Gasteiger partial charge in [0.05, 0.1) is 5.92 Å². The molecule has 0 aromatic heterocycles. The van der Waals surface area contributed by atoms with E-state index in [9.17, 15) is 9.59 Å². The van der Waals surface area contributed by atoms with E-state index in [1.54, 1.807) is 17.0 Å². The van der Waals surface area contributed by atoms with Crippen molar-refractivity contribution in [1.82, 2.24) is 10.6 Å². The first-order valence-corrected chi connectivity index (χ1v) is 9.58. The van der Waals surface area contributed by atoms with E-state index in [0.29, 0.717) is 11.6 Å². The van der Waals surface area contributed by atoms with Gasteiger partial charge in [0.1, 0.15) is 0 Å². The molecule has 0 bridgehead atoms. The van der Waals surface area contributed by atoms with Crippen LogP contribution >= 0.6 is 11.6 Å². The van der Waals surface area contributed by atoms with Crippen LogP contribution in [0.25, 0.3) is 0 Å². The van der Waals surface area contributed by atoms with Crippen molar-refractivity contribution in [2.45, 2.75) is 64.1 Å². The lowest BCUT2D eigenvalue weighted by molar-refractivity contribution is -0.127. The van der Waals surface area contributed by atoms with Crippen LogP contribution in [-0.2, 0) is 9.59 Å². The number of hydrogen-bond acceptors (Lipinski definition) is 3. The van der Waals surface area contributed by atoms with E-state index < -0.39 is 0 Å². The topological polar surface area (TPSA) is 61.4 Å². The number of amides is 2. The molecule has 3 rings (SSSR count). The number of benzene rings is 1. The average Bonchev–Trinajstić information content (AvgIpc) is 2.86. The number of carbonyl (C=O) groups is 2. The Kier molecular flexibility index (Phi) is 5.06.